The summed E-state index contributed by atoms with van der Waals surface area (Å²) < 4.78 is 10.5. The van der Waals surface area contributed by atoms with Gasteiger partial charge in [-0.3, -0.25) is 0 Å². The maximum Gasteiger partial charge on any atom is 0.186 e. The van der Waals surface area contributed by atoms with Crippen molar-refractivity contribution < 1.29 is 24.8 Å². The van der Waals surface area contributed by atoms with Gasteiger partial charge in [-0.25, -0.2) is 0 Å². The predicted octanol–water partition coefficient (Wildman–Crippen LogP) is -0.623. The second-order valence-corrected chi connectivity index (χ2v) is 4.03. The van der Waals surface area contributed by atoms with E-state index in [-0.39, 0.29) is 0 Å². The summed E-state index contributed by atoms with van der Waals surface area (Å²) in [5, 5.41) is 30.9. The maximum absolute atomic E-state index is 10.6. The van der Waals surface area contributed by atoms with Crippen molar-refractivity contribution in [3.05, 3.63) is 4.91 Å². The molecule has 1 heterocycles. The Hall–Kier alpha value is -0.600. The molecule has 0 aromatic rings. The van der Waals surface area contributed by atoms with Crippen LogP contribution in [0.25, 0.3) is 0 Å². The van der Waals surface area contributed by atoms with Crippen molar-refractivity contribution in [1.82, 2.24) is 0 Å². The highest BCUT2D eigenvalue weighted by molar-refractivity contribution is 4.93. The van der Waals surface area contributed by atoms with Crippen molar-refractivity contribution in [3.8, 4) is 0 Å². The Morgan fingerprint density at radius 1 is 1.35 bits per heavy atom. The molecule has 0 bridgehead atoms. The number of aliphatic hydroxyl groups is 3. The molecule has 17 heavy (non-hydrogen) atoms. The van der Waals surface area contributed by atoms with Crippen LogP contribution in [-0.4, -0.2) is 59.2 Å². The fourth-order valence-electron chi connectivity index (χ4n) is 1.66. The summed E-state index contributed by atoms with van der Waals surface area (Å²) in [5.74, 6) is 0. The summed E-state index contributed by atoms with van der Waals surface area (Å²) in [5.41, 5.74) is 0. The van der Waals surface area contributed by atoms with Gasteiger partial charge in [0.05, 0.1) is 6.61 Å². The third-order valence-corrected chi connectivity index (χ3v) is 2.75. The fourth-order valence-corrected chi connectivity index (χ4v) is 1.66. The lowest BCUT2D eigenvalue weighted by Crippen LogP contribution is -2.58. The highest BCUT2D eigenvalue weighted by Gasteiger charge is 2.45. The first-order valence-electron chi connectivity index (χ1n) is 5.72. The SMILES string of the molecule is CCCCOC1OC(CO)C(O)C(O)C1N=O. The van der Waals surface area contributed by atoms with E-state index in [2.05, 4.69) is 5.18 Å². The highest BCUT2D eigenvalue weighted by Crippen LogP contribution is 2.24. The quantitative estimate of drug-likeness (QED) is 0.427. The van der Waals surface area contributed by atoms with Crippen LogP contribution in [0.15, 0.2) is 5.18 Å². The number of hydrogen-bond acceptors (Lipinski definition) is 7. The predicted molar refractivity (Wildman–Crippen MR) is 58.2 cm³/mol. The Balaban J connectivity index is 2.62. The van der Waals surface area contributed by atoms with Crippen LogP contribution < -0.4 is 0 Å². The monoisotopic (exact) mass is 249 g/mol. The molecule has 7 heteroatoms. The first-order chi connectivity index (χ1) is 8.15. The van der Waals surface area contributed by atoms with E-state index in [0.29, 0.717) is 6.61 Å². The maximum atomic E-state index is 10.6. The van der Waals surface area contributed by atoms with E-state index in [9.17, 15) is 15.1 Å². The molecule has 5 unspecified atom stereocenters. The molecule has 1 aliphatic rings. The molecule has 0 aromatic carbocycles. The van der Waals surface area contributed by atoms with Gasteiger partial charge in [-0.15, -0.1) is 0 Å². The topological polar surface area (TPSA) is 109 Å². The van der Waals surface area contributed by atoms with Crippen molar-refractivity contribution in [1.29, 1.82) is 0 Å². The van der Waals surface area contributed by atoms with Gasteiger partial charge in [0.25, 0.3) is 0 Å². The largest absolute Gasteiger partial charge is 0.394 e. The van der Waals surface area contributed by atoms with Crippen molar-refractivity contribution >= 4 is 0 Å². The molecule has 1 saturated heterocycles. The average Bonchev–Trinajstić information content (AvgIpc) is 2.34. The lowest BCUT2D eigenvalue weighted by atomic mass is 9.98. The first kappa shape index (κ1) is 14.5. The Kier molecular flexibility index (Phi) is 5.93. The smallest absolute Gasteiger partial charge is 0.186 e. The number of ether oxygens (including phenoxy) is 2. The van der Waals surface area contributed by atoms with Crippen LogP contribution in [0.2, 0.25) is 0 Å². The van der Waals surface area contributed by atoms with E-state index in [1.54, 1.807) is 0 Å². The molecule has 0 radical (unpaired) electrons. The number of rotatable bonds is 6. The molecular weight excluding hydrogens is 230 g/mol. The van der Waals surface area contributed by atoms with E-state index < -0.39 is 37.3 Å². The Labute approximate surface area is 99.3 Å². The number of nitrogens with zero attached hydrogens (tertiary/aromatic N) is 1. The number of hydrogen-bond donors (Lipinski definition) is 3. The van der Waals surface area contributed by atoms with Crippen molar-refractivity contribution in [2.75, 3.05) is 13.2 Å². The van der Waals surface area contributed by atoms with Crippen LogP contribution in [-0.2, 0) is 9.47 Å². The summed E-state index contributed by atoms with van der Waals surface area (Å²) in [6.07, 6.45) is -3.00. The van der Waals surface area contributed by atoms with Crippen molar-refractivity contribution in [2.45, 2.75) is 50.4 Å². The van der Waals surface area contributed by atoms with Crippen LogP contribution in [0.5, 0.6) is 0 Å². The van der Waals surface area contributed by atoms with Gasteiger partial charge in [0, 0.05) is 6.61 Å². The second-order valence-electron chi connectivity index (χ2n) is 4.03. The molecule has 100 valence electrons. The van der Waals surface area contributed by atoms with Crippen LogP contribution in [0.1, 0.15) is 19.8 Å². The van der Waals surface area contributed by atoms with E-state index in [1.165, 1.54) is 0 Å². The summed E-state index contributed by atoms with van der Waals surface area (Å²) in [4.78, 5) is 10.6. The minimum atomic E-state index is -1.38. The van der Waals surface area contributed by atoms with Gasteiger partial charge < -0.3 is 24.8 Å². The highest BCUT2D eigenvalue weighted by atomic mass is 16.7. The molecule has 5 atom stereocenters. The second kappa shape index (κ2) is 6.97. The zero-order valence-electron chi connectivity index (χ0n) is 9.73. The number of unbranched alkanes of at least 4 members (excludes halogenated alkanes) is 1. The third kappa shape index (κ3) is 3.43. The molecule has 0 amide bonds. The Morgan fingerprint density at radius 2 is 2.06 bits per heavy atom. The molecular formula is C10H19NO6. The molecule has 1 fully saturated rings. The van der Waals surface area contributed by atoms with Gasteiger partial charge in [0.1, 0.15) is 18.3 Å². The lowest BCUT2D eigenvalue weighted by molar-refractivity contribution is -0.265. The van der Waals surface area contributed by atoms with Crippen LogP contribution in [0.4, 0.5) is 0 Å². The Morgan fingerprint density at radius 3 is 2.59 bits per heavy atom. The van der Waals surface area contributed by atoms with Crippen molar-refractivity contribution in [3.63, 3.8) is 0 Å². The molecule has 0 spiro atoms. The number of aliphatic hydroxyl groups excluding tert-OH is 3. The summed E-state index contributed by atoms with van der Waals surface area (Å²) in [6.45, 7) is 1.89. The molecule has 1 aliphatic heterocycles. The minimum absolute atomic E-state index is 0.369. The molecule has 7 nitrogen and oxygen atoms in total. The van der Waals surface area contributed by atoms with Crippen LogP contribution in [0, 0.1) is 4.91 Å². The third-order valence-electron chi connectivity index (χ3n) is 2.75. The van der Waals surface area contributed by atoms with E-state index in [0.717, 1.165) is 12.8 Å². The van der Waals surface area contributed by atoms with E-state index >= 15 is 0 Å². The van der Waals surface area contributed by atoms with Crippen LogP contribution >= 0.6 is 0 Å². The summed E-state index contributed by atoms with van der Waals surface area (Å²) >= 11 is 0. The van der Waals surface area contributed by atoms with Crippen molar-refractivity contribution in [2.24, 2.45) is 5.18 Å². The van der Waals surface area contributed by atoms with Gasteiger partial charge >= 0.3 is 0 Å². The molecule has 1 rings (SSSR count). The lowest BCUT2D eigenvalue weighted by Gasteiger charge is -2.38. The molecule has 0 saturated carbocycles. The summed E-state index contributed by atoms with van der Waals surface area (Å²) in [7, 11) is 0. The van der Waals surface area contributed by atoms with Gasteiger partial charge in [-0.1, -0.05) is 18.5 Å². The zero-order valence-corrected chi connectivity index (χ0v) is 9.73. The minimum Gasteiger partial charge on any atom is -0.394 e. The Bertz CT molecular complexity index is 239. The average molecular weight is 249 g/mol. The molecule has 0 aromatic heterocycles. The van der Waals surface area contributed by atoms with E-state index in [1.807, 2.05) is 6.92 Å². The fraction of sp³-hybridized carbons (Fsp3) is 1.00. The number of nitroso groups, excluding NO2 is 1. The normalized spacial score (nSPS) is 38.0. The summed E-state index contributed by atoms with van der Waals surface area (Å²) in [6, 6.07) is -1.18. The van der Waals surface area contributed by atoms with Gasteiger partial charge in [0.2, 0.25) is 0 Å². The molecule has 0 aliphatic carbocycles. The van der Waals surface area contributed by atoms with Gasteiger partial charge in [-0.2, -0.15) is 4.91 Å². The first-order valence-corrected chi connectivity index (χ1v) is 5.72. The standard InChI is InChI=1S/C10H19NO6/c1-2-3-4-16-10-7(11-15)9(14)8(13)6(5-12)17-10/h6-10,12-14H,2-5H2,1H3. The molecule has 3 N–H and O–H groups in total. The van der Waals surface area contributed by atoms with Gasteiger partial charge in [-0.05, 0) is 6.42 Å². The van der Waals surface area contributed by atoms with E-state index in [4.69, 9.17) is 14.6 Å². The zero-order chi connectivity index (χ0) is 12.8. The van der Waals surface area contributed by atoms with Gasteiger partial charge in [0.15, 0.2) is 12.3 Å². The van der Waals surface area contributed by atoms with Crippen LogP contribution in [0.3, 0.4) is 0 Å².